The minimum Gasteiger partial charge on any atom is -0.384 e. The molecule has 0 aliphatic carbocycles. The Kier molecular flexibility index (Phi) is 4.05. The number of aromatic nitrogens is 1. The molecule has 0 saturated carbocycles. The maximum Gasteiger partial charge on any atom is 0.252 e. The number of aromatic amines is 1. The first-order valence-electron chi connectivity index (χ1n) is 6.27. The fourth-order valence-corrected chi connectivity index (χ4v) is 1.86. The summed E-state index contributed by atoms with van der Waals surface area (Å²) >= 11 is 0. The van der Waals surface area contributed by atoms with E-state index in [1.54, 1.807) is 0 Å². The van der Waals surface area contributed by atoms with Gasteiger partial charge in [-0.25, -0.2) is 4.39 Å². The summed E-state index contributed by atoms with van der Waals surface area (Å²) in [5, 5.41) is 21.6. The molecule has 0 radical (unpaired) electrons. The van der Waals surface area contributed by atoms with Crippen LogP contribution in [0, 0.1) is 17.1 Å². The van der Waals surface area contributed by atoms with Crippen LogP contribution in [0.2, 0.25) is 0 Å². The van der Waals surface area contributed by atoms with Gasteiger partial charge >= 0.3 is 0 Å². The number of amides is 1. The SMILES string of the molecule is CC(O)(CNC(=O)c1c[nH]c(C#N)c1)c1ccc(F)cc1. The average Bonchev–Trinajstić information content (AvgIpc) is 2.94. The highest BCUT2D eigenvalue weighted by Crippen LogP contribution is 2.20. The van der Waals surface area contributed by atoms with Crippen molar-refractivity contribution in [2.45, 2.75) is 12.5 Å². The van der Waals surface area contributed by atoms with Crippen molar-refractivity contribution in [3.05, 3.63) is 59.2 Å². The van der Waals surface area contributed by atoms with Crippen LogP contribution in [0.25, 0.3) is 0 Å². The first-order valence-corrected chi connectivity index (χ1v) is 6.27. The van der Waals surface area contributed by atoms with Gasteiger partial charge in [-0.1, -0.05) is 12.1 Å². The van der Waals surface area contributed by atoms with Crippen molar-refractivity contribution in [2.24, 2.45) is 0 Å². The van der Waals surface area contributed by atoms with E-state index in [9.17, 15) is 14.3 Å². The summed E-state index contributed by atoms with van der Waals surface area (Å²) in [7, 11) is 0. The van der Waals surface area contributed by atoms with E-state index in [0.717, 1.165) is 0 Å². The maximum atomic E-state index is 12.9. The van der Waals surface area contributed by atoms with Crippen LogP contribution in [0.15, 0.2) is 36.5 Å². The molecule has 0 aliphatic rings. The summed E-state index contributed by atoms with van der Waals surface area (Å²) < 4.78 is 12.9. The zero-order valence-electron chi connectivity index (χ0n) is 11.4. The van der Waals surface area contributed by atoms with Crippen molar-refractivity contribution < 1.29 is 14.3 Å². The Balaban J connectivity index is 2.02. The number of nitrogens with zero attached hydrogens (tertiary/aromatic N) is 1. The minimum atomic E-state index is -1.32. The van der Waals surface area contributed by atoms with Crippen molar-refractivity contribution >= 4 is 5.91 Å². The lowest BCUT2D eigenvalue weighted by atomic mass is 9.96. The van der Waals surface area contributed by atoms with Crippen LogP contribution in [0.5, 0.6) is 0 Å². The molecule has 1 unspecified atom stereocenters. The summed E-state index contributed by atoms with van der Waals surface area (Å²) in [6.07, 6.45) is 1.42. The summed E-state index contributed by atoms with van der Waals surface area (Å²) in [5.74, 6) is -0.801. The van der Waals surface area contributed by atoms with Gasteiger partial charge in [-0.2, -0.15) is 5.26 Å². The van der Waals surface area contributed by atoms with Crippen molar-refractivity contribution in [1.29, 1.82) is 5.26 Å². The lowest BCUT2D eigenvalue weighted by Gasteiger charge is -2.24. The number of carbonyl (C=O) groups is 1. The quantitative estimate of drug-likeness (QED) is 0.799. The Morgan fingerprint density at radius 2 is 2.14 bits per heavy atom. The van der Waals surface area contributed by atoms with Gasteiger partial charge in [-0.3, -0.25) is 4.79 Å². The standard InChI is InChI=1S/C15H14FN3O2/c1-15(21,11-2-4-12(16)5-3-11)9-19-14(20)10-6-13(7-17)18-8-10/h2-6,8,18,21H,9H2,1H3,(H,19,20). The van der Waals surface area contributed by atoms with E-state index in [1.165, 1.54) is 43.5 Å². The van der Waals surface area contributed by atoms with Crippen molar-refractivity contribution in [3.63, 3.8) is 0 Å². The number of carbonyl (C=O) groups excluding carboxylic acids is 1. The molecule has 0 saturated heterocycles. The van der Waals surface area contributed by atoms with E-state index in [2.05, 4.69) is 10.3 Å². The van der Waals surface area contributed by atoms with Crippen LogP contribution in [0.1, 0.15) is 28.5 Å². The lowest BCUT2D eigenvalue weighted by Crippen LogP contribution is -2.38. The van der Waals surface area contributed by atoms with E-state index in [0.29, 0.717) is 11.1 Å². The molecule has 0 aliphatic heterocycles. The summed E-state index contributed by atoms with van der Waals surface area (Å²) in [6.45, 7) is 1.49. The third-order valence-corrected chi connectivity index (χ3v) is 3.12. The molecule has 1 atom stereocenters. The average molecular weight is 287 g/mol. The van der Waals surface area contributed by atoms with Gasteiger partial charge in [-0.05, 0) is 30.7 Å². The number of aliphatic hydroxyl groups is 1. The topological polar surface area (TPSA) is 88.9 Å². The van der Waals surface area contributed by atoms with Crippen LogP contribution < -0.4 is 5.32 Å². The number of hydrogen-bond acceptors (Lipinski definition) is 3. The van der Waals surface area contributed by atoms with Gasteiger partial charge in [0.05, 0.1) is 12.1 Å². The van der Waals surface area contributed by atoms with Crippen molar-refractivity contribution in [1.82, 2.24) is 10.3 Å². The van der Waals surface area contributed by atoms with Crippen LogP contribution in [0.3, 0.4) is 0 Å². The summed E-state index contributed by atoms with van der Waals surface area (Å²) in [6, 6.07) is 8.73. The predicted octanol–water partition coefficient (Wildman–Crippen LogP) is 1.66. The molecule has 6 heteroatoms. The molecule has 1 heterocycles. The Labute approximate surface area is 121 Å². The molecule has 5 nitrogen and oxygen atoms in total. The predicted molar refractivity (Wildman–Crippen MR) is 73.8 cm³/mol. The van der Waals surface area contributed by atoms with E-state index in [1.807, 2.05) is 6.07 Å². The molecule has 2 aromatic rings. The van der Waals surface area contributed by atoms with E-state index >= 15 is 0 Å². The molecule has 1 amide bonds. The highest BCUT2D eigenvalue weighted by Gasteiger charge is 2.24. The molecule has 2 rings (SSSR count). The van der Waals surface area contributed by atoms with Crippen LogP contribution >= 0.6 is 0 Å². The molecule has 1 aromatic heterocycles. The monoisotopic (exact) mass is 287 g/mol. The number of benzene rings is 1. The highest BCUT2D eigenvalue weighted by molar-refractivity contribution is 5.94. The fourth-order valence-electron chi connectivity index (χ4n) is 1.86. The Morgan fingerprint density at radius 3 is 2.71 bits per heavy atom. The number of nitriles is 1. The minimum absolute atomic E-state index is 0.0372. The molecule has 0 spiro atoms. The van der Waals surface area contributed by atoms with Gasteiger partial charge in [0.1, 0.15) is 23.2 Å². The second kappa shape index (κ2) is 5.77. The Morgan fingerprint density at radius 1 is 1.48 bits per heavy atom. The van der Waals surface area contributed by atoms with Crippen molar-refractivity contribution in [2.75, 3.05) is 6.54 Å². The molecular formula is C15H14FN3O2. The molecule has 0 bridgehead atoms. The highest BCUT2D eigenvalue weighted by atomic mass is 19.1. The van der Waals surface area contributed by atoms with E-state index in [4.69, 9.17) is 5.26 Å². The molecule has 0 fully saturated rings. The molecule has 108 valence electrons. The number of halogens is 1. The third kappa shape index (κ3) is 3.46. The van der Waals surface area contributed by atoms with Gasteiger partial charge < -0.3 is 15.4 Å². The second-order valence-corrected chi connectivity index (χ2v) is 4.88. The summed E-state index contributed by atoms with van der Waals surface area (Å²) in [4.78, 5) is 14.5. The molecule has 1 aromatic carbocycles. The van der Waals surface area contributed by atoms with Crippen molar-refractivity contribution in [3.8, 4) is 6.07 Å². The third-order valence-electron chi connectivity index (χ3n) is 3.12. The normalized spacial score (nSPS) is 13.2. The molecular weight excluding hydrogens is 273 g/mol. The number of nitrogens with one attached hydrogen (secondary N) is 2. The van der Waals surface area contributed by atoms with Crippen LogP contribution in [0.4, 0.5) is 4.39 Å². The van der Waals surface area contributed by atoms with Gasteiger partial charge in [0.25, 0.3) is 5.91 Å². The molecule has 21 heavy (non-hydrogen) atoms. The second-order valence-electron chi connectivity index (χ2n) is 4.88. The van der Waals surface area contributed by atoms with Gasteiger partial charge in [-0.15, -0.1) is 0 Å². The maximum absolute atomic E-state index is 12.9. The fraction of sp³-hybridized carbons (Fsp3) is 0.200. The van der Waals surface area contributed by atoms with Crippen LogP contribution in [-0.4, -0.2) is 22.5 Å². The Bertz CT molecular complexity index is 684. The lowest BCUT2D eigenvalue weighted by molar-refractivity contribution is 0.0526. The van der Waals surface area contributed by atoms with Gasteiger partial charge in [0.2, 0.25) is 0 Å². The Hall–Kier alpha value is -2.65. The first-order chi connectivity index (χ1) is 9.92. The number of H-pyrrole nitrogens is 1. The van der Waals surface area contributed by atoms with E-state index < -0.39 is 17.3 Å². The van der Waals surface area contributed by atoms with Crippen LogP contribution in [-0.2, 0) is 5.60 Å². The number of hydrogen-bond donors (Lipinski definition) is 3. The summed E-state index contributed by atoms with van der Waals surface area (Å²) in [5.41, 5.74) is -0.236. The zero-order valence-corrected chi connectivity index (χ0v) is 11.4. The largest absolute Gasteiger partial charge is 0.384 e. The zero-order chi connectivity index (χ0) is 15.5. The van der Waals surface area contributed by atoms with Gasteiger partial charge in [0.15, 0.2) is 0 Å². The smallest absolute Gasteiger partial charge is 0.252 e. The number of rotatable bonds is 4. The van der Waals surface area contributed by atoms with E-state index in [-0.39, 0.29) is 12.2 Å². The molecule has 3 N–H and O–H groups in total. The van der Waals surface area contributed by atoms with Gasteiger partial charge in [0, 0.05) is 6.20 Å². The first kappa shape index (κ1) is 14.8.